The topological polar surface area (TPSA) is 38.3 Å². The lowest BCUT2D eigenvalue weighted by Crippen LogP contribution is -2.56. The van der Waals surface area contributed by atoms with Gasteiger partial charge < -0.3 is 10.1 Å². The van der Waals surface area contributed by atoms with Gasteiger partial charge in [-0.3, -0.25) is 4.79 Å². The SMILES string of the molecule is CCCNC1(C(=O)OCC)CCCC(Sc2cccs2)C1. The van der Waals surface area contributed by atoms with Crippen LogP contribution < -0.4 is 5.32 Å². The van der Waals surface area contributed by atoms with E-state index in [1.165, 1.54) is 10.6 Å². The van der Waals surface area contributed by atoms with E-state index in [1.54, 1.807) is 11.3 Å². The average Bonchev–Trinajstić information content (AvgIpc) is 2.98. The first-order valence-corrected chi connectivity index (χ1v) is 9.58. The number of hydrogen-bond acceptors (Lipinski definition) is 5. The molecular weight excluding hydrogens is 302 g/mol. The summed E-state index contributed by atoms with van der Waals surface area (Å²) in [5.74, 6) is -0.0603. The van der Waals surface area contributed by atoms with Gasteiger partial charge in [0.1, 0.15) is 5.54 Å². The Kier molecular flexibility index (Phi) is 6.58. The van der Waals surface area contributed by atoms with Crippen molar-refractivity contribution in [3.63, 3.8) is 0 Å². The van der Waals surface area contributed by atoms with Crippen LogP contribution in [0.3, 0.4) is 0 Å². The first kappa shape index (κ1) is 16.8. The first-order chi connectivity index (χ1) is 10.2. The fraction of sp³-hybridized carbons (Fsp3) is 0.688. The molecule has 0 radical (unpaired) electrons. The smallest absolute Gasteiger partial charge is 0.326 e. The third-order valence-corrected chi connectivity index (χ3v) is 6.21. The number of carbonyl (C=O) groups is 1. The van der Waals surface area contributed by atoms with E-state index in [0.717, 1.165) is 32.2 Å². The zero-order chi connectivity index (χ0) is 15.1. The summed E-state index contributed by atoms with van der Waals surface area (Å²) in [6.07, 6.45) is 5.06. The number of thiophene rings is 1. The summed E-state index contributed by atoms with van der Waals surface area (Å²) in [6, 6.07) is 4.25. The standard InChI is InChI=1S/C16H25NO2S2/c1-3-10-17-16(15(18)19-4-2)9-5-7-13(12-16)21-14-8-6-11-20-14/h6,8,11,13,17H,3-5,7,9-10,12H2,1-2H3. The van der Waals surface area contributed by atoms with Crippen molar-refractivity contribution >= 4 is 29.1 Å². The fourth-order valence-corrected chi connectivity index (χ4v) is 5.25. The van der Waals surface area contributed by atoms with Gasteiger partial charge in [-0.15, -0.1) is 23.1 Å². The highest BCUT2D eigenvalue weighted by molar-refractivity contribution is 8.01. The lowest BCUT2D eigenvalue weighted by atomic mass is 9.81. The van der Waals surface area contributed by atoms with Crippen LogP contribution in [0.4, 0.5) is 0 Å². The lowest BCUT2D eigenvalue weighted by molar-refractivity contribution is -0.152. The molecule has 0 aliphatic heterocycles. The highest BCUT2D eigenvalue weighted by atomic mass is 32.2. The Balaban J connectivity index is 2.05. The number of nitrogens with one attached hydrogen (secondary N) is 1. The molecule has 1 fully saturated rings. The van der Waals surface area contributed by atoms with Gasteiger partial charge in [-0.2, -0.15) is 0 Å². The Bertz CT molecular complexity index is 435. The summed E-state index contributed by atoms with van der Waals surface area (Å²) in [5.41, 5.74) is -0.473. The normalized spacial score (nSPS) is 25.7. The Hall–Kier alpha value is -0.520. The fourth-order valence-electron chi connectivity index (χ4n) is 2.87. The Labute approximate surface area is 135 Å². The molecule has 1 aromatic heterocycles. The van der Waals surface area contributed by atoms with Gasteiger partial charge in [0.25, 0.3) is 0 Å². The number of thioether (sulfide) groups is 1. The second-order valence-electron chi connectivity index (χ2n) is 5.50. The maximum absolute atomic E-state index is 12.5. The minimum Gasteiger partial charge on any atom is -0.465 e. The summed E-state index contributed by atoms with van der Waals surface area (Å²) in [6.45, 7) is 5.34. The van der Waals surface area contributed by atoms with Crippen molar-refractivity contribution in [1.82, 2.24) is 5.32 Å². The van der Waals surface area contributed by atoms with Crippen molar-refractivity contribution in [2.24, 2.45) is 0 Å². The molecule has 0 spiro atoms. The largest absolute Gasteiger partial charge is 0.465 e. The van der Waals surface area contributed by atoms with Gasteiger partial charge in [0, 0.05) is 5.25 Å². The molecule has 21 heavy (non-hydrogen) atoms. The molecule has 0 aromatic carbocycles. The highest BCUT2D eigenvalue weighted by Gasteiger charge is 2.43. The molecule has 1 heterocycles. The molecule has 0 bridgehead atoms. The molecule has 0 saturated heterocycles. The third-order valence-electron chi connectivity index (χ3n) is 3.86. The van der Waals surface area contributed by atoms with Crippen molar-refractivity contribution in [3.8, 4) is 0 Å². The number of carbonyl (C=O) groups excluding carboxylic acids is 1. The second kappa shape index (κ2) is 8.20. The molecule has 1 saturated carbocycles. The third kappa shape index (κ3) is 4.47. The first-order valence-electron chi connectivity index (χ1n) is 7.82. The van der Waals surface area contributed by atoms with Crippen molar-refractivity contribution in [2.75, 3.05) is 13.2 Å². The molecule has 5 heteroatoms. The maximum atomic E-state index is 12.5. The van der Waals surface area contributed by atoms with E-state index < -0.39 is 5.54 Å². The predicted molar refractivity (Wildman–Crippen MR) is 90.1 cm³/mol. The van der Waals surface area contributed by atoms with Gasteiger partial charge in [0.05, 0.1) is 10.8 Å². The van der Waals surface area contributed by atoms with Crippen LogP contribution in [0.15, 0.2) is 21.7 Å². The van der Waals surface area contributed by atoms with Crippen molar-refractivity contribution in [1.29, 1.82) is 0 Å². The second-order valence-corrected chi connectivity index (χ2v) is 8.05. The van der Waals surface area contributed by atoms with E-state index in [2.05, 4.69) is 29.8 Å². The zero-order valence-electron chi connectivity index (χ0n) is 12.9. The van der Waals surface area contributed by atoms with Crippen LogP contribution in [-0.2, 0) is 9.53 Å². The average molecular weight is 328 g/mol. The van der Waals surface area contributed by atoms with E-state index in [1.807, 2.05) is 18.7 Å². The number of rotatable bonds is 7. The van der Waals surface area contributed by atoms with Gasteiger partial charge in [-0.1, -0.05) is 13.0 Å². The molecule has 2 atom stereocenters. The minimum atomic E-state index is -0.473. The number of esters is 1. The zero-order valence-corrected chi connectivity index (χ0v) is 14.5. The van der Waals surface area contributed by atoms with Crippen LogP contribution in [0.25, 0.3) is 0 Å². The summed E-state index contributed by atoms with van der Waals surface area (Å²) in [5, 5.41) is 6.10. The summed E-state index contributed by atoms with van der Waals surface area (Å²) >= 11 is 3.69. The van der Waals surface area contributed by atoms with Gasteiger partial charge >= 0.3 is 5.97 Å². The molecule has 3 nitrogen and oxygen atoms in total. The van der Waals surface area contributed by atoms with Crippen LogP contribution >= 0.6 is 23.1 Å². The molecule has 2 unspecified atom stereocenters. The monoisotopic (exact) mass is 327 g/mol. The Morgan fingerprint density at radius 2 is 2.43 bits per heavy atom. The molecule has 0 amide bonds. The Morgan fingerprint density at radius 1 is 1.57 bits per heavy atom. The molecule has 118 valence electrons. The minimum absolute atomic E-state index is 0.0603. The van der Waals surface area contributed by atoms with Crippen LogP contribution in [0.1, 0.15) is 46.0 Å². The molecule has 1 aromatic rings. The molecule has 1 aliphatic carbocycles. The quantitative estimate of drug-likeness (QED) is 0.766. The van der Waals surface area contributed by atoms with Gasteiger partial charge in [-0.25, -0.2) is 0 Å². The maximum Gasteiger partial charge on any atom is 0.326 e. The number of ether oxygens (including phenoxy) is 1. The van der Waals surface area contributed by atoms with Crippen LogP contribution in [0.5, 0.6) is 0 Å². The van der Waals surface area contributed by atoms with Crippen molar-refractivity contribution in [3.05, 3.63) is 17.5 Å². The molecule has 1 aliphatic rings. The molecular formula is C16H25NO2S2. The highest BCUT2D eigenvalue weighted by Crippen LogP contribution is 2.40. The molecule has 2 rings (SSSR count). The Morgan fingerprint density at radius 3 is 3.10 bits per heavy atom. The van der Waals surface area contributed by atoms with E-state index in [4.69, 9.17) is 4.74 Å². The van der Waals surface area contributed by atoms with Gasteiger partial charge in [-0.05, 0) is 57.0 Å². The van der Waals surface area contributed by atoms with Gasteiger partial charge in [0.2, 0.25) is 0 Å². The summed E-state index contributed by atoms with van der Waals surface area (Å²) in [7, 11) is 0. The number of hydrogen-bond donors (Lipinski definition) is 1. The van der Waals surface area contributed by atoms with Crippen LogP contribution in [0.2, 0.25) is 0 Å². The molecule has 1 N–H and O–H groups in total. The van der Waals surface area contributed by atoms with E-state index in [9.17, 15) is 4.79 Å². The van der Waals surface area contributed by atoms with Crippen LogP contribution in [-0.4, -0.2) is 29.9 Å². The lowest BCUT2D eigenvalue weighted by Gasteiger charge is -2.39. The van der Waals surface area contributed by atoms with Crippen LogP contribution in [0, 0.1) is 0 Å². The van der Waals surface area contributed by atoms with Gasteiger partial charge in [0.15, 0.2) is 0 Å². The van der Waals surface area contributed by atoms with Crippen molar-refractivity contribution in [2.45, 2.75) is 60.9 Å². The van der Waals surface area contributed by atoms with E-state index in [0.29, 0.717) is 11.9 Å². The summed E-state index contributed by atoms with van der Waals surface area (Å²) < 4.78 is 6.70. The van der Waals surface area contributed by atoms with E-state index >= 15 is 0 Å². The van der Waals surface area contributed by atoms with Crippen molar-refractivity contribution < 1.29 is 9.53 Å². The van der Waals surface area contributed by atoms with E-state index in [-0.39, 0.29) is 5.97 Å². The summed E-state index contributed by atoms with van der Waals surface area (Å²) in [4.78, 5) is 12.5. The predicted octanol–water partition coefficient (Wildman–Crippen LogP) is 4.08.